The number of hydrogen-bond acceptors (Lipinski definition) is 5. The zero-order valence-electron chi connectivity index (χ0n) is 15.2. The smallest absolute Gasteiger partial charge is 0.255 e. The molecule has 6 nitrogen and oxygen atoms in total. The Balaban J connectivity index is 1.36. The Bertz CT molecular complexity index is 853. The highest BCUT2D eigenvalue weighted by Crippen LogP contribution is 2.56. The highest BCUT2D eigenvalue weighted by molar-refractivity contribution is 7.09. The molecule has 1 aliphatic carbocycles. The van der Waals surface area contributed by atoms with Crippen LogP contribution in [0.5, 0.6) is 0 Å². The predicted molar refractivity (Wildman–Crippen MR) is 101 cm³/mol. The van der Waals surface area contributed by atoms with Gasteiger partial charge in [0.25, 0.3) is 5.91 Å². The summed E-state index contributed by atoms with van der Waals surface area (Å²) in [5.41, 5.74) is 1.55. The molecule has 1 saturated heterocycles. The standard InChI is InChI=1S/C19H24N4O2S/c1-13-9-16(24)21-11-14(13)18(25)23-6-3-19(4-7-23)10-15(19)22(2)12-17-20-5-8-26-17/h5,8-9,11,15H,3-4,6-7,10,12H2,1-2H3,(H,21,24)/t15-/m0/s1. The molecule has 7 heteroatoms. The molecule has 2 aromatic heterocycles. The van der Waals surface area contributed by atoms with Crippen molar-refractivity contribution in [1.82, 2.24) is 19.8 Å². The van der Waals surface area contributed by atoms with Crippen LogP contribution in [0.15, 0.2) is 28.6 Å². The highest BCUT2D eigenvalue weighted by Gasteiger charge is 2.56. The van der Waals surface area contributed by atoms with Gasteiger partial charge in [-0.25, -0.2) is 4.98 Å². The molecule has 1 saturated carbocycles. The second-order valence-corrected chi connectivity index (χ2v) is 8.59. The molecule has 2 fully saturated rings. The van der Waals surface area contributed by atoms with Gasteiger partial charge in [0.1, 0.15) is 5.01 Å². The third-order valence-electron chi connectivity index (χ3n) is 5.95. The average molecular weight is 372 g/mol. The van der Waals surface area contributed by atoms with E-state index in [-0.39, 0.29) is 11.5 Å². The maximum absolute atomic E-state index is 12.8. The van der Waals surface area contributed by atoms with Crippen molar-refractivity contribution in [3.63, 3.8) is 0 Å². The lowest BCUT2D eigenvalue weighted by Crippen LogP contribution is -2.41. The number of aromatic nitrogens is 2. The van der Waals surface area contributed by atoms with Crippen LogP contribution >= 0.6 is 11.3 Å². The summed E-state index contributed by atoms with van der Waals surface area (Å²) in [6.45, 7) is 4.31. The Kier molecular flexibility index (Phi) is 4.44. The Morgan fingerprint density at radius 3 is 2.88 bits per heavy atom. The molecule has 4 rings (SSSR count). The summed E-state index contributed by atoms with van der Waals surface area (Å²) < 4.78 is 0. The summed E-state index contributed by atoms with van der Waals surface area (Å²) in [6, 6.07) is 2.09. The molecule has 2 aliphatic rings. The molecule has 0 radical (unpaired) electrons. The van der Waals surface area contributed by atoms with Gasteiger partial charge in [-0.1, -0.05) is 0 Å². The number of carbonyl (C=O) groups excluding carboxylic acids is 1. The quantitative estimate of drug-likeness (QED) is 0.894. The van der Waals surface area contributed by atoms with Crippen LogP contribution in [0.4, 0.5) is 0 Å². The number of nitrogens with zero attached hydrogens (tertiary/aromatic N) is 3. The van der Waals surface area contributed by atoms with Crippen LogP contribution in [0.3, 0.4) is 0 Å². The van der Waals surface area contributed by atoms with E-state index in [1.54, 1.807) is 17.5 Å². The number of pyridine rings is 1. The molecule has 138 valence electrons. The SMILES string of the molecule is Cc1cc(=O)[nH]cc1C(=O)N1CCC2(CC1)C[C@@H]2N(C)Cc1nccs1. The van der Waals surface area contributed by atoms with Crippen molar-refractivity contribution in [2.75, 3.05) is 20.1 Å². The van der Waals surface area contributed by atoms with Crippen molar-refractivity contribution in [1.29, 1.82) is 0 Å². The fourth-order valence-electron chi connectivity index (χ4n) is 4.27. The van der Waals surface area contributed by atoms with Gasteiger partial charge in [-0.15, -0.1) is 11.3 Å². The summed E-state index contributed by atoms with van der Waals surface area (Å²) >= 11 is 1.70. The maximum Gasteiger partial charge on any atom is 0.255 e. The molecular formula is C19H24N4O2S. The van der Waals surface area contributed by atoms with Gasteiger partial charge in [-0.3, -0.25) is 14.5 Å². The van der Waals surface area contributed by atoms with Gasteiger partial charge < -0.3 is 9.88 Å². The normalized spacial score (nSPS) is 21.3. The third kappa shape index (κ3) is 3.21. The molecule has 1 spiro atoms. The van der Waals surface area contributed by atoms with Gasteiger partial charge in [0.2, 0.25) is 5.56 Å². The summed E-state index contributed by atoms with van der Waals surface area (Å²) in [7, 11) is 2.18. The van der Waals surface area contributed by atoms with E-state index >= 15 is 0 Å². The number of hydrogen-bond donors (Lipinski definition) is 1. The van der Waals surface area contributed by atoms with E-state index in [0.29, 0.717) is 17.0 Å². The van der Waals surface area contributed by atoms with E-state index in [2.05, 4.69) is 21.9 Å². The fraction of sp³-hybridized carbons (Fsp3) is 0.526. The van der Waals surface area contributed by atoms with Gasteiger partial charge in [-0.2, -0.15) is 0 Å². The number of thiazole rings is 1. The molecule has 26 heavy (non-hydrogen) atoms. The van der Waals surface area contributed by atoms with Gasteiger partial charge >= 0.3 is 0 Å². The second kappa shape index (κ2) is 6.63. The highest BCUT2D eigenvalue weighted by atomic mass is 32.1. The Morgan fingerprint density at radius 1 is 1.46 bits per heavy atom. The van der Waals surface area contributed by atoms with Crippen molar-refractivity contribution >= 4 is 17.2 Å². The molecule has 0 aromatic carbocycles. The number of aromatic amines is 1. The van der Waals surface area contributed by atoms with E-state index in [1.165, 1.54) is 12.5 Å². The summed E-state index contributed by atoms with van der Waals surface area (Å²) in [5.74, 6) is 0.0296. The number of amides is 1. The molecule has 1 amide bonds. The predicted octanol–water partition coefficient (Wildman–Crippen LogP) is 2.27. The lowest BCUT2D eigenvalue weighted by atomic mass is 9.92. The van der Waals surface area contributed by atoms with Gasteiger partial charge in [0.15, 0.2) is 0 Å². The molecule has 3 heterocycles. The molecule has 1 N–H and O–H groups in total. The van der Waals surface area contributed by atoms with E-state index < -0.39 is 0 Å². The van der Waals surface area contributed by atoms with Crippen LogP contribution in [0.2, 0.25) is 0 Å². The Morgan fingerprint density at radius 2 is 2.23 bits per heavy atom. The molecule has 0 bridgehead atoms. The zero-order valence-corrected chi connectivity index (χ0v) is 16.0. The number of carbonyl (C=O) groups is 1. The fourth-order valence-corrected chi connectivity index (χ4v) is 4.95. The van der Waals surface area contributed by atoms with Crippen molar-refractivity contribution in [2.45, 2.75) is 38.8 Å². The first-order chi connectivity index (χ1) is 12.5. The van der Waals surface area contributed by atoms with E-state index in [9.17, 15) is 9.59 Å². The van der Waals surface area contributed by atoms with Crippen LogP contribution < -0.4 is 5.56 Å². The minimum absolute atomic E-state index is 0.0296. The first kappa shape index (κ1) is 17.4. The first-order valence-electron chi connectivity index (χ1n) is 9.06. The summed E-state index contributed by atoms with van der Waals surface area (Å²) in [5, 5.41) is 3.19. The van der Waals surface area contributed by atoms with E-state index in [1.807, 2.05) is 23.4 Å². The van der Waals surface area contributed by atoms with E-state index in [4.69, 9.17) is 0 Å². The molecule has 2 aromatic rings. The summed E-state index contributed by atoms with van der Waals surface area (Å²) in [6.07, 6.45) is 6.72. The monoisotopic (exact) mass is 372 g/mol. The number of nitrogens with one attached hydrogen (secondary N) is 1. The summed E-state index contributed by atoms with van der Waals surface area (Å²) in [4.78, 5) is 35.5. The Labute approximate surface area is 156 Å². The van der Waals surface area contributed by atoms with E-state index in [0.717, 1.165) is 43.0 Å². The minimum atomic E-state index is -0.166. The lowest BCUT2D eigenvalue weighted by molar-refractivity contribution is 0.0656. The van der Waals surface area contributed by atoms with Gasteiger partial charge in [-0.05, 0) is 44.2 Å². The molecular weight excluding hydrogens is 348 g/mol. The van der Waals surface area contributed by atoms with Crippen molar-refractivity contribution in [2.24, 2.45) is 5.41 Å². The number of rotatable bonds is 4. The average Bonchev–Trinajstić information content (AvgIpc) is 3.07. The number of aryl methyl sites for hydroxylation is 1. The van der Waals surface area contributed by atoms with Crippen molar-refractivity contribution < 1.29 is 4.79 Å². The molecule has 0 unspecified atom stereocenters. The van der Waals surface area contributed by atoms with Crippen LogP contribution in [-0.4, -0.2) is 51.9 Å². The molecule has 1 atom stereocenters. The minimum Gasteiger partial charge on any atom is -0.339 e. The lowest BCUT2D eigenvalue weighted by Gasteiger charge is -2.34. The first-order valence-corrected chi connectivity index (χ1v) is 9.94. The number of H-pyrrole nitrogens is 1. The van der Waals surface area contributed by atoms with Crippen molar-refractivity contribution in [3.8, 4) is 0 Å². The maximum atomic E-state index is 12.8. The third-order valence-corrected chi connectivity index (χ3v) is 6.72. The molecule has 1 aliphatic heterocycles. The topological polar surface area (TPSA) is 69.3 Å². The number of piperidine rings is 1. The number of likely N-dealkylation sites (tertiary alicyclic amines) is 1. The largest absolute Gasteiger partial charge is 0.339 e. The van der Waals surface area contributed by atoms with Gasteiger partial charge in [0, 0.05) is 43.0 Å². The van der Waals surface area contributed by atoms with Crippen LogP contribution in [-0.2, 0) is 6.54 Å². The van der Waals surface area contributed by atoms with Gasteiger partial charge in [0.05, 0.1) is 12.1 Å². The zero-order chi connectivity index (χ0) is 18.3. The second-order valence-electron chi connectivity index (χ2n) is 7.61. The van der Waals surface area contributed by atoms with Crippen LogP contribution in [0.25, 0.3) is 0 Å². The van der Waals surface area contributed by atoms with Crippen LogP contribution in [0.1, 0.15) is 40.2 Å². The van der Waals surface area contributed by atoms with Crippen molar-refractivity contribution in [3.05, 3.63) is 50.3 Å². The van der Waals surface area contributed by atoms with Crippen LogP contribution in [0, 0.1) is 12.3 Å². The Hall–Kier alpha value is -1.99.